The molecule has 1 aromatic heterocycles. The van der Waals surface area contributed by atoms with Crippen LogP contribution < -0.4 is 11.1 Å². The number of rotatable bonds is 2. The van der Waals surface area contributed by atoms with E-state index in [9.17, 15) is 0 Å². The number of amidine groups is 1. The number of aromatic nitrogens is 2. The van der Waals surface area contributed by atoms with Gasteiger partial charge in [-0.3, -0.25) is 9.69 Å². The third-order valence-corrected chi connectivity index (χ3v) is 3.31. The molecule has 14 heavy (non-hydrogen) atoms. The van der Waals surface area contributed by atoms with Crippen molar-refractivity contribution < 1.29 is 0 Å². The van der Waals surface area contributed by atoms with Crippen molar-refractivity contribution in [2.75, 3.05) is 6.54 Å². The smallest absolute Gasteiger partial charge is 0.177 e. The highest BCUT2D eigenvalue weighted by molar-refractivity contribution is 14.1. The molecular formula is C7H11IN6. The molecule has 2 N–H and O–H groups in total. The molecule has 7 heteroatoms. The van der Waals surface area contributed by atoms with Crippen molar-refractivity contribution in [3.8, 4) is 0 Å². The molecule has 2 heterocycles. The van der Waals surface area contributed by atoms with Gasteiger partial charge in [-0.1, -0.05) is 0 Å². The number of nitrogens with zero attached hydrogens (tertiary/aromatic N) is 4. The van der Waals surface area contributed by atoms with E-state index in [1.807, 2.05) is 22.9 Å². The zero-order chi connectivity index (χ0) is 10.1. The first-order valence-electron chi connectivity index (χ1n) is 4.27. The van der Waals surface area contributed by atoms with E-state index in [1.54, 1.807) is 0 Å². The Hall–Kier alpha value is -0.830. The zero-order valence-corrected chi connectivity index (χ0v) is 10.1. The second-order valence-corrected chi connectivity index (χ2v) is 3.90. The fourth-order valence-corrected chi connectivity index (χ4v) is 1.76. The molecule has 6 nitrogen and oxygen atoms in total. The van der Waals surface area contributed by atoms with Gasteiger partial charge in [0, 0.05) is 13.6 Å². The lowest BCUT2D eigenvalue weighted by atomic mass is 10.3. The fourth-order valence-electron chi connectivity index (χ4n) is 1.26. The highest BCUT2D eigenvalue weighted by Crippen LogP contribution is 2.14. The summed E-state index contributed by atoms with van der Waals surface area (Å²) in [7, 11) is 1.91. The Balaban J connectivity index is 2.35. The molecular weight excluding hydrogens is 295 g/mol. The third kappa shape index (κ3) is 1.46. The van der Waals surface area contributed by atoms with Crippen molar-refractivity contribution >= 4 is 28.4 Å². The van der Waals surface area contributed by atoms with Crippen LogP contribution in [0, 0.1) is 3.70 Å². The summed E-state index contributed by atoms with van der Waals surface area (Å²) in [5.74, 6) is 0.880. The Bertz CT molecular complexity index is 370. The molecule has 2 rings (SSSR count). The average molecular weight is 306 g/mol. The molecule has 0 amide bonds. The first-order valence-corrected chi connectivity index (χ1v) is 5.35. The van der Waals surface area contributed by atoms with Gasteiger partial charge >= 0.3 is 0 Å². The second kappa shape index (κ2) is 3.73. The molecule has 0 fully saturated rings. The van der Waals surface area contributed by atoms with Gasteiger partial charge in [0.05, 0.1) is 11.8 Å². The first-order chi connectivity index (χ1) is 6.74. The van der Waals surface area contributed by atoms with Gasteiger partial charge < -0.3 is 0 Å². The molecule has 1 aromatic rings. The largest absolute Gasteiger partial charge is 0.271 e. The Morgan fingerprint density at radius 3 is 2.93 bits per heavy atom. The van der Waals surface area contributed by atoms with Gasteiger partial charge in [0.25, 0.3) is 0 Å². The third-order valence-electron chi connectivity index (χ3n) is 2.03. The Morgan fingerprint density at radius 2 is 2.36 bits per heavy atom. The Morgan fingerprint density at radius 1 is 1.57 bits per heavy atom. The lowest BCUT2D eigenvalue weighted by molar-refractivity contribution is 0.308. The molecule has 0 saturated heterocycles. The SMILES string of the molecule is CCN1NNN=C1c1cnn(C)c1I. The molecule has 0 unspecified atom stereocenters. The molecule has 0 spiro atoms. The number of hydrogen-bond donors (Lipinski definition) is 2. The van der Waals surface area contributed by atoms with Gasteiger partial charge in [-0.05, 0) is 29.5 Å². The minimum atomic E-state index is 0.844. The normalized spacial score (nSPS) is 15.6. The van der Waals surface area contributed by atoms with Crippen LogP contribution in [0.5, 0.6) is 0 Å². The molecule has 76 valence electrons. The topological polar surface area (TPSA) is 57.5 Å². The van der Waals surface area contributed by atoms with Crippen LogP contribution in [0.25, 0.3) is 0 Å². The molecule has 0 saturated carbocycles. The summed E-state index contributed by atoms with van der Waals surface area (Å²) in [6, 6.07) is 0. The van der Waals surface area contributed by atoms with E-state index >= 15 is 0 Å². The summed E-state index contributed by atoms with van der Waals surface area (Å²) in [4.78, 5) is 0. The summed E-state index contributed by atoms with van der Waals surface area (Å²) in [5.41, 5.74) is 6.70. The van der Waals surface area contributed by atoms with Crippen LogP contribution in [0.15, 0.2) is 11.3 Å². The van der Waals surface area contributed by atoms with Crippen molar-refractivity contribution in [2.24, 2.45) is 12.1 Å². The number of aryl methyl sites for hydroxylation is 1. The van der Waals surface area contributed by atoms with Crippen LogP contribution in [0.4, 0.5) is 0 Å². The van der Waals surface area contributed by atoms with Crippen LogP contribution >= 0.6 is 22.6 Å². The van der Waals surface area contributed by atoms with Gasteiger partial charge in [0.2, 0.25) is 0 Å². The van der Waals surface area contributed by atoms with E-state index < -0.39 is 0 Å². The van der Waals surface area contributed by atoms with Crippen molar-refractivity contribution in [3.05, 3.63) is 15.5 Å². The maximum absolute atomic E-state index is 4.18. The Kier molecular flexibility index (Phi) is 2.59. The quantitative estimate of drug-likeness (QED) is 0.757. The van der Waals surface area contributed by atoms with Gasteiger partial charge in [-0.25, -0.2) is 5.53 Å². The van der Waals surface area contributed by atoms with Crippen LogP contribution in [0.2, 0.25) is 0 Å². The second-order valence-electron chi connectivity index (χ2n) is 2.88. The maximum Gasteiger partial charge on any atom is 0.177 e. The van der Waals surface area contributed by atoms with Crippen LogP contribution in [0.3, 0.4) is 0 Å². The molecule has 0 aliphatic carbocycles. The zero-order valence-electron chi connectivity index (χ0n) is 7.95. The van der Waals surface area contributed by atoms with E-state index in [1.165, 1.54) is 0 Å². The molecule has 0 aromatic carbocycles. The highest BCUT2D eigenvalue weighted by Gasteiger charge is 2.21. The van der Waals surface area contributed by atoms with Crippen LogP contribution in [0.1, 0.15) is 12.5 Å². The first kappa shape index (κ1) is 9.71. The monoisotopic (exact) mass is 306 g/mol. The van der Waals surface area contributed by atoms with Gasteiger partial charge in [-0.2, -0.15) is 5.10 Å². The van der Waals surface area contributed by atoms with Crippen molar-refractivity contribution in [3.63, 3.8) is 0 Å². The fraction of sp³-hybridized carbons (Fsp3) is 0.429. The van der Waals surface area contributed by atoms with Crippen molar-refractivity contribution in [1.29, 1.82) is 0 Å². The number of hydrazone groups is 1. The van der Waals surface area contributed by atoms with Gasteiger partial charge in [0.1, 0.15) is 3.70 Å². The minimum Gasteiger partial charge on any atom is -0.271 e. The molecule has 1 aliphatic heterocycles. The van der Waals surface area contributed by atoms with Crippen LogP contribution in [-0.4, -0.2) is 27.2 Å². The number of hydrazine groups is 2. The Labute approximate surface area is 95.4 Å². The number of hydrogen-bond acceptors (Lipinski definition) is 5. The van der Waals surface area contributed by atoms with Crippen LogP contribution in [-0.2, 0) is 7.05 Å². The van der Waals surface area contributed by atoms with E-state index in [4.69, 9.17) is 0 Å². The van der Waals surface area contributed by atoms with E-state index in [0.29, 0.717) is 0 Å². The maximum atomic E-state index is 4.18. The lowest BCUT2D eigenvalue weighted by Crippen LogP contribution is -2.41. The highest BCUT2D eigenvalue weighted by atomic mass is 127. The predicted molar refractivity (Wildman–Crippen MR) is 61.1 cm³/mol. The van der Waals surface area contributed by atoms with Gasteiger partial charge in [-0.15, -0.1) is 10.6 Å². The summed E-state index contributed by atoms with van der Waals surface area (Å²) in [5, 5.41) is 10.3. The summed E-state index contributed by atoms with van der Waals surface area (Å²) in [6.45, 7) is 2.90. The molecule has 0 atom stereocenters. The molecule has 0 bridgehead atoms. The van der Waals surface area contributed by atoms with E-state index in [0.717, 1.165) is 21.6 Å². The van der Waals surface area contributed by atoms with Gasteiger partial charge in [0.15, 0.2) is 5.84 Å². The van der Waals surface area contributed by atoms with E-state index in [-0.39, 0.29) is 0 Å². The molecule has 0 radical (unpaired) electrons. The standard InChI is InChI=1S/C7H11IN6/c1-3-14-7(10-11-12-14)5-4-9-13(2)6(5)8/h4,11-12H,3H2,1-2H3. The van der Waals surface area contributed by atoms with E-state index in [2.05, 4.69) is 50.8 Å². The predicted octanol–water partition coefficient (Wildman–Crippen LogP) is 0.0310. The van der Waals surface area contributed by atoms with Crippen molar-refractivity contribution in [2.45, 2.75) is 6.92 Å². The molecule has 1 aliphatic rings. The summed E-state index contributed by atoms with van der Waals surface area (Å²) in [6.07, 6.45) is 1.82. The summed E-state index contributed by atoms with van der Waals surface area (Å²) >= 11 is 2.25. The number of halogens is 1. The summed E-state index contributed by atoms with van der Waals surface area (Å²) < 4.78 is 2.90. The minimum absolute atomic E-state index is 0.844. The van der Waals surface area contributed by atoms with Crippen molar-refractivity contribution in [1.82, 2.24) is 25.9 Å². The average Bonchev–Trinajstić information content (AvgIpc) is 2.75. The lowest BCUT2D eigenvalue weighted by Gasteiger charge is -2.15. The number of nitrogens with one attached hydrogen (secondary N) is 2.